The Morgan fingerprint density at radius 3 is 2.80 bits per heavy atom. The fourth-order valence-corrected chi connectivity index (χ4v) is 2.68. The average molecular weight is 226 g/mol. The molecule has 0 atom stereocenters. The molecule has 1 aliphatic rings. The van der Waals surface area contributed by atoms with Crippen molar-refractivity contribution in [1.29, 1.82) is 0 Å². The van der Waals surface area contributed by atoms with Crippen molar-refractivity contribution in [2.75, 3.05) is 6.61 Å². The topological polar surface area (TPSA) is 29.5 Å². The number of ether oxygens (including phenoxy) is 1. The van der Waals surface area contributed by atoms with Crippen molar-refractivity contribution >= 4 is 11.3 Å². The van der Waals surface area contributed by atoms with Gasteiger partial charge in [0.25, 0.3) is 0 Å². The summed E-state index contributed by atoms with van der Waals surface area (Å²) < 4.78 is 5.80. The van der Waals surface area contributed by atoms with Crippen molar-refractivity contribution < 1.29 is 9.84 Å². The molecule has 3 heteroatoms. The molecule has 1 aliphatic carbocycles. The molecule has 0 aliphatic heterocycles. The third kappa shape index (κ3) is 3.59. The van der Waals surface area contributed by atoms with Gasteiger partial charge in [0.2, 0.25) is 0 Å². The highest BCUT2D eigenvalue weighted by atomic mass is 32.1. The Labute approximate surface area is 94.9 Å². The second-order valence-corrected chi connectivity index (χ2v) is 5.16. The van der Waals surface area contributed by atoms with E-state index in [4.69, 9.17) is 4.74 Å². The molecule has 1 fully saturated rings. The zero-order valence-corrected chi connectivity index (χ0v) is 9.71. The zero-order chi connectivity index (χ0) is 10.5. The molecule has 0 aromatic carbocycles. The first kappa shape index (κ1) is 11.1. The minimum absolute atomic E-state index is 0.0813. The number of hydrogen-bond donors (Lipinski definition) is 1. The van der Waals surface area contributed by atoms with Crippen LogP contribution in [0.25, 0.3) is 0 Å². The Hall–Kier alpha value is -0.380. The summed E-state index contributed by atoms with van der Waals surface area (Å²) >= 11 is 1.79. The fraction of sp³-hybridized carbons (Fsp3) is 0.667. The second-order valence-electron chi connectivity index (χ2n) is 4.13. The van der Waals surface area contributed by atoms with Gasteiger partial charge in [-0.1, -0.05) is 6.07 Å². The predicted octanol–water partition coefficient (Wildman–Crippen LogP) is 2.61. The van der Waals surface area contributed by atoms with Crippen LogP contribution in [0.2, 0.25) is 0 Å². The molecule has 1 saturated carbocycles. The summed E-state index contributed by atoms with van der Waals surface area (Å²) in [6.45, 7) is 0.821. The molecule has 1 aromatic heterocycles. The van der Waals surface area contributed by atoms with Gasteiger partial charge < -0.3 is 9.84 Å². The van der Waals surface area contributed by atoms with Crippen molar-refractivity contribution in [2.24, 2.45) is 0 Å². The van der Waals surface area contributed by atoms with Crippen LogP contribution < -0.4 is 0 Å². The highest BCUT2D eigenvalue weighted by molar-refractivity contribution is 7.09. The number of thiophene rings is 1. The molecule has 0 amide bonds. The van der Waals surface area contributed by atoms with Crippen LogP contribution in [0.15, 0.2) is 17.5 Å². The molecule has 15 heavy (non-hydrogen) atoms. The zero-order valence-electron chi connectivity index (χ0n) is 8.89. The largest absolute Gasteiger partial charge is 0.393 e. The summed E-state index contributed by atoms with van der Waals surface area (Å²) in [6.07, 6.45) is 5.18. The average Bonchev–Trinajstić information content (AvgIpc) is 2.74. The number of hydrogen-bond acceptors (Lipinski definition) is 3. The van der Waals surface area contributed by atoms with Gasteiger partial charge in [0.05, 0.1) is 18.8 Å². The van der Waals surface area contributed by atoms with Gasteiger partial charge in [-0.2, -0.15) is 0 Å². The summed E-state index contributed by atoms with van der Waals surface area (Å²) in [5.74, 6) is 0. The van der Waals surface area contributed by atoms with E-state index in [1.807, 2.05) is 0 Å². The molecule has 0 unspecified atom stereocenters. The van der Waals surface area contributed by atoms with Crippen LogP contribution in [0, 0.1) is 0 Å². The van der Waals surface area contributed by atoms with Gasteiger partial charge in [0.15, 0.2) is 0 Å². The fourth-order valence-electron chi connectivity index (χ4n) is 1.99. The molecule has 1 aromatic rings. The van der Waals surface area contributed by atoms with Crippen LogP contribution in [-0.4, -0.2) is 23.9 Å². The molecule has 2 nitrogen and oxygen atoms in total. The molecule has 1 heterocycles. The summed E-state index contributed by atoms with van der Waals surface area (Å²) in [4.78, 5) is 1.39. The lowest BCUT2D eigenvalue weighted by Gasteiger charge is -2.25. The first-order valence-electron chi connectivity index (χ1n) is 5.66. The van der Waals surface area contributed by atoms with Crippen molar-refractivity contribution in [1.82, 2.24) is 0 Å². The quantitative estimate of drug-likeness (QED) is 0.855. The molecular weight excluding hydrogens is 208 g/mol. The smallest absolute Gasteiger partial charge is 0.0577 e. The van der Waals surface area contributed by atoms with E-state index in [0.717, 1.165) is 38.7 Å². The summed E-state index contributed by atoms with van der Waals surface area (Å²) in [6, 6.07) is 4.23. The van der Waals surface area contributed by atoms with Crippen LogP contribution in [0.4, 0.5) is 0 Å². The van der Waals surface area contributed by atoms with E-state index >= 15 is 0 Å². The molecule has 84 valence electrons. The van der Waals surface area contributed by atoms with Gasteiger partial charge in [-0.15, -0.1) is 11.3 Å². The molecule has 1 N–H and O–H groups in total. The SMILES string of the molecule is OC1CCC(OCCc2cccs2)CC1. The van der Waals surface area contributed by atoms with E-state index in [-0.39, 0.29) is 6.10 Å². The minimum atomic E-state index is -0.0813. The standard InChI is InChI=1S/C12H18O2S/c13-10-3-5-11(6-4-10)14-8-7-12-2-1-9-15-12/h1-2,9-11,13H,3-8H2. The van der Waals surface area contributed by atoms with Crippen LogP contribution >= 0.6 is 11.3 Å². The van der Waals surface area contributed by atoms with E-state index in [9.17, 15) is 5.11 Å². The van der Waals surface area contributed by atoms with Crippen LogP contribution in [0.3, 0.4) is 0 Å². The normalized spacial score (nSPS) is 26.7. The lowest BCUT2D eigenvalue weighted by atomic mass is 9.95. The van der Waals surface area contributed by atoms with Gasteiger partial charge in [-0.25, -0.2) is 0 Å². The van der Waals surface area contributed by atoms with Gasteiger partial charge in [-0.05, 0) is 37.1 Å². The highest BCUT2D eigenvalue weighted by Crippen LogP contribution is 2.21. The van der Waals surface area contributed by atoms with Crippen LogP contribution in [0.1, 0.15) is 30.6 Å². The lowest BCUT2D eigenvalue weighted by Crippen LogP contribution is -2.24. The highest BCUT2D eigenvalue weighted by Gasteiger charge is 2.19. The molecule has 0 radical (unpaired) electrons. The maximum absolute atomic E-state index is 9.35. The Bertz CT molecular complexity index is 263. The third-order valence-electron chi connectivity index (χ3n) is 2.93. The Kier molecular flexibility index (Phi) is 4.18. The first-order chi connectivity index (χ1) is 7.34. The Balaban J connectivity index is 1.62. The first-order valence-corrected chi connectivity index (χ1v) is 6.54. The van der Waals surface area contributed by atoms with Crippen LogP contribution in [-0.2, 0) is 11.2 Å². The van der Waals surface area contributed by atoms with E-state index < -0.39 is 0 Å². The second kappa shape index (κ2) is 5.64. The van der Waals surface area contributed by atoms with Gasteiger partial charge >= 0.3 is 0 Å². The molecule has 0 spiro atoms. The number of rotatable bonds is 4. The monoisotopic (exact) mass is 226 g/mol. The maximum atomic E-state index is 9.35. The maximum Gasteiger partial charge on any atom is 0.0577 e. The number of aliphatic hydroxyl groups is 1. The van der Waals surface area contributed by atoms with E-state index in [1.165, 1.54) is 4.88 Å². The van der Waals surface area contributed by atoms with Gasteiger partial charge in [0, 0.05) is 11.3 Å². The molecule has 0 saturated heterocycles. The Morgan fingerprint density at radius 2 is 2.13 bits per heavy atom. The van der Waals surface area contributed by atoms with Gasteiger partial charge in [-0.3, -0.25) is 0 Å². The van der Waals surface area contributed by atoms with Gasteiger partial charge in [0.1, 0.15) is 0 Å². The van der Waals surface area contributed by atoms with Crippen molar-refractivity contribution in [3.05, 3.63) is 22.4 Å². The molecular formula is C12H18O2S. The van der Waals surface area contributed by atoms with Crippen molar-refractivity contribution in [3.63, 3.8) is 0 Å². The lowest BCUT2D eigenvalue weighted by molar-refractivity contribution is -0.00162. The van der Waals surface area contributed by atoms with Crippen LogP contribution in [0.5, 0.6) is 0 Å². The third-order valence-corrected chi connectivity index (χ3v) is 3.86. The Morgan fingerprint density at radius 1 is 1.33 bits per heavy atom. The van der Waals surface area contributed by atoms with E-state index in [0.29, 0.717) is 6.10 Å². The van der Waals surface area contributed by atoms with Crippen molar-refractivity contribution in [2.45, 2.75) is 44.3 Å². The summed E-state index contributed by atoms with van der Waals surface area (Å²) in [7, 11) is 0. The summed E-state index contributed by atoms with van der Waals surface area (Å²) in [5.41, 5.74) is 0. The predicted molar refractivity (Wildman–Crippen MR) is 62.2 cm³/mol. The number of aliphatic hydroxyl groups excluding tert-OH is 1. The van der Waals surface area contributed by atoms with Crippen molar-refractivity contribution in [3.8, 4) is 0 Å². The van der Waals surface area contributed by atoms with E-state index in [2.05, 4.69) is 17.5 Å². The minimum Gasteiger partial charge on any atom is -0.393 e. The molecule has 0 bridgehead atoms. The van der Waals surface area contributed by atoms with E-state index in [1.54, 1.807) is 11.3 Å². The summed E-state index contributed by atoms with van der Waals surface area (Å²) in [5, 5.41) is 11.5. The molecule has 2 rings (SSSR count).